The van der Waals surface area contributed by atoms with Crippen LogP contribution in [-0.4, -0.2) is 6.04 Å². The van der Waals surface area contributed by atoms with Gasteiger partial charge in [0.25, 0.3) is 0 Å². The molecule has 0 radical (unpaired) electrons. The van der Waals surface area contributed by atoms with E-state index in [9.17, 15) is 0 Å². The van der Waals surface area contributed by atoms with Crippen LogP contribution in [0.3, 0.4) is 0 Å². The van der Waals surface area contributed by atoms with E-state index >= 15 is 0 Å². The Balaban J connectivity index is 2.40. The van der Waals surface area contributed by atoms with E-state index in [0.29, 0.717) is 11.5 Å². The summed E-state index contributed by atoms with van der Waals surface area (Å²) in [5.41, 5.74) is 4.64. The Labute approximate surface area is 99.2 Å². The van der Waals surface area contributed by atoms with Crippen LogP contribution in [0, 0.1) is 5.41 Å². The lowest BCUT2D eigenvalue weighted by atomic mass is 9.86. The average Bonchev–Trinajstić information content (AvgIpc) is 2.24. The number of benzene rings is 1. The minimum atomic E-state index is 0.327. The van der Waals surface area contributed by atoms with E-state index in [4.69, 9.17) is 5.84 Å². The molecule has 3 N–H and O–H groups in total. The molecule has 1 aromatic rings. The normalized spacial score (nSPS) is 13.8. The summed E-state index contributed by atoms with van der Waals surface area (Å²) in [7, 11) is 0. The standard InChI is InChI=1S/C14H24N2/c1-14(2,3)11-13(16-15)10-9-12-7-5-4-6-8-12/h4-8,13,16H,9-11,15H2,1-3H3. The molecule has 1 unspecified atom stereocenters. The number of nitrogens with one attached hydrogen (secondary N) is 1. The van der Waals surface area contributed by atoms with Crippen LogP contribution in [0.25, 0.3) is 0 Å². The second kappa shape index (κ2) is 6.02. The molecule has 0 saturated carbocycles. The van der Waals surface area contributed by atoms with Crippen molar-refractivity contribution in [1.29, 1.82) is 0 Å². The van der Waals surface area contributed by atoms with Crippen molar-refractivity contribution in [1.82, 2.24) is 5.43 Å². The summed E-state index contributed by atoms with van der Waals surface area (Å²) in [5, 5.41) is 0. The highest BCUT2D eigenvalue weighted by atomic mass is 15.2. The summed E-state index contributed by atoms with van der Waals surface area (Å²) in [6, 6.07) is 11.0. The first-order chi connectivity index (χ1) is 7.51. The van der Waals surface area contributed by atoms with Gasteiger partial charge in [-0.1, -0.05) is 51.1 Å². The van der Waals surface area contributed by atoms with Crippen LogP contribution in [0.2, 0.25) is 0 Å². The summed E-state index contributed by atoms with van der Waals surface area (Å²) >= 11 is 0. The first-order valence-electron chi connectivity index (χ1n) is 6.01. The highest BCUT2D eigenvalue weighted by molar-refractivity contribution is 5.14. The van der Waals surface area contributed by atoms with Gasteiger partial charge in [0.15, 0.2) is 0 Å². The van der Waals surface area contributed by atoms with Gasteiger partial charge < -0.3 is 0 Å². The van der Waals surface area contributed by atoms with Crippen molar-refractivity contribution in [2.45, 2.75) is 46.1 Å². The average molecular weight is 220 g/mol. The summed E-state index contributed by atoms with van der Waals surface area (Å²) in [6.07, 6.45) is 3.29. The first-order valence-corrected chi connectivity index (χ1v) is 6.01. The van der Waals surface area contributed by atoms with Crippen LogP contribution in [0.4, 0.5) is 0 Å². The number of hydrogen-bond acceptors (Lipinski definition) is 2. The van der Waals surface area contributed by atoms with Crippen LogP contribution >= 0.6 is 0 Å². The minimum Gasteiger partial charge on any atom is -0.271 e. The molecule has 0 bridgehead atoms. The summed E-state index contributed by atoms with van der Waals surface area (Å²) < 4.78 is 0. The van der Waals surface area contributed by atoms with Gasteiger partial charge in [-0.25, -0.2) is 0 Å². The van der Waals surface area contributed by atoms with Crippen molar-refractivity contribution in [3.05, 3.63) is 35.9 Å². The zero-order chi connectivity index (χ0) is 12.0. The van der Waals surface area contributed by atoms with Gasteiger partial charge in [-0.05, 0) is 30.2 Å². The van der Waals surface area contributed by atoms with Crippen LogP contribution in [0.15, 0.2) is 30.3 Å². The molecule has 0 aromatic heterocycles. The van der Waals surface area contributed by atoms with Crippen LogP contribution in [0.1, 0.15) is 39.2 Å². The fourth-order valence-electron chi connectivity index (χ4n) is 1.97. The number of nitrogens with two attached hydrogens (primary N) is 1. The maximum absolute atomic E-state index is 5.59. The molecule has 1 atom stereocenters. The van der Waals surface area contributed by atoms with E-state index in [1.54, 1.807) is 0 Å². The zero-order valence-corrected chi connectivity index (χ0v) is 10.7. The number of rotatable bonds is 5. The van der Waals surface area contributed by atoms with Gasteiger partial charge in [0.05, 0.1) is 0 Å². The van der Waals surface area contributed by atoms with Crippen molar-refractivity contribution < 1.29 is 0 Å². The molecule has 0 amide bonds. The monoisotopic (exact) mass is 220 g/mol. The lowest BCUT2D eigenvalue weighted by Gasteiger charge is -2.25. The van der Waals surface area contributed by atoms with Gasteiger partial charge in [-0.15, -0.1) is 0 Å². The van der Waals surface area contributed by atoms with Gasteiger partial charge in [-0.3, -0.25) is 11.3 Å². The molecular weight excluding hydrogens is 196 g/mol. The van der Waals surface area contributed by atoms with Gasteiger partial charge >= 0.3 is 0 Å². The SMILES string of the molecule is CC(C)(C)CC(CCc1ccccc1)NN. The van der Waals surface area contributed by atoms with Crippen LogP contribution in [0.5, 0.6) is 0 Å². The molecule has 2 nitrogen and oxygen atoms in total. The maximum Gasteiger partial charge on any atom is 0.0218 e. The predicted molar refractivity (Wildman–Crippen MR) is 69.9 cm³/mol. The molecule has 0 aliphatic heterocycles. The van der Waals surface area contributed by atoms with E-state index < -0.39 is 0 Å². The Morgan fingerprint density at radius 1 is 1.19 bits per heavy atom. The molecule has 1 rings (SSSR count). The maximum atomic E-state index is 5.59. The van der Waals surface area contributed by atoms with Crippen molar-refractivity contribution >= 4 is 0 Å². The minimum absolute atomic E-state index is 0.327. The van der Waals surface area contributed by atoms with Gasteiger partial charge in [0, 0.05) is 6.04 Å². The Hall–Kier alpha value is -0.860. The third-order valence-corrected chi connectivity index (χ3v) is 2.72. The summed E-state index contributed by atoms with van der Waals surface area (Å²) in [4.78, 5) is 0. The molecule has 90 valence electrons. The number of hydrogen-bond donors (Lipinski definition) is 2. The Kier molecular flexibility index (Phi) is 4.97. The highest BCUT2D eigenvalue weighted by Gasteiger charge is 2.17. The van der Waals surface area contributed by atoms with Gasteiger partial charge in [-0.2, -0.15) is 0 Å². The third-order valence-electron chi connectivity index (χ3n) is 2.72. The van der Waals surface area contributed by atoms with Gasteiger partial charge in [0.2, 0.25) is 0 Å². The van der Waals surface area contributed by atoms with Crippen LogP contribution in [-0.2, 0) is 6.42 Å². The summed E-state index contributed by atoms with van der Waals surface area (Å²) in [6.45, 7) is 6.75. The second-order valence-corrected chi connectivity index (χ2v) is 5.65. The second-order valence-electron chi connectivity index (χ2n) is 5.65. The third kappa shape index (κ3) is 5.29. The quantitative estimate of drug-likeness (QED) is 0.591. The van der Waals surface area contributed by atoms with E-state index in [-0.39, 0.29) is 0 Å². The number of hydrazine groups is 1. The molecule has 0 fully saturated rings. The lowest BCUT2D eigenvalue weighted by Crippen LogP contribution is -2.38. The van der Waals surface area contributed by atoms with E-state index in [0.717, 1.165) is 19.3 Å². The molecule has 16 heavy (non-hydrogen) atoms. The molecule has 0 saturated heterocycles. The summed E-state index contributed by atoms with van der Waals surface area (Å²) in [5.74, 6) is 5.59. The zero-order valence-electron chi connectivity index (χ0n) is 10.7. The van der Waals surface area contributed by atoms with Crippen molar-refractivity contribution in [2.24, 2.45) is 11.3 Å². The topological polar surface area (TPSA) is 38.0 Å². The molecule has 0 heterocycles. The van der Waals surface area contributed by atoms with E-state index in [1.165, 1.54) is 5.56 Å². The fraction of sp³-hybridized carbons (Fsp3) is 0.571. The highest BCUT2D eigenvalue weighted by Crippen LogP contribution is 2.22. The molecule has 0 spiro atoms. The fourth-order valence-corrected chi connectivity index (χ4v) is 1.97. The molecule has 1 aromatic carbocycles. The smallest absolute Gasteiger partial charge is 0.0218 e. The molecule has 0 aliphatic carbocycles. The Morgan fingerprint density at radius 2 is 1.81 bits per heavy atom. The van der Waals surface area contributed by atoms with E-state index in [1.807, 2.05) is 0 Å². The van der Waals surface area contributed by atoms with Gasteiger partial charge in [0.1, 0.15) is 0 Å². The molecule has 2 heteroatoms. The lowest BCUT2D eigenvalue weighted by molar-refractivity contribution is 0.300. The van der Waals surface area contributed by atoms with Crippen molar-refractivity contribution in [2.75, 3.05) is 0 Å². The predicted octanol–water partition coefficient (Wildman–Crippen LogP) is 2.89. The van der Waals surface area contributed by atoms with E-state index in [2.05, 4.69) is 56.5 Å². The van der Waals surface area contributed by atoms with Crippen LogP contribution < -0.4 is 11.3 Å². The Morgan fingerprint density at radius 3 is 2.31 bits per heavy atom. The molecule has 0 aliphatic rings. The molecular formula is C14H24N2. The first kappa shape index (κ1) is 13.2. The van der Waals surface area contributed by atoms with Crippen molar-refractivity contribution in [3.8, 4) is 0 Å². The number of aryl methyl sites for hydroxylation is 1. The van der Waals surface area contributed by atoms with Crippen molar-refractivity contribution in [3.63, 3.8) is 0 Å². The largest absolute Gasteiger partial charge is 0.271 e. The Bertz CT molecular complexity index is 287.